The van der Waals surface area contributed by atoms with Crippen LogP contribution in [-0.2, 0) is 0 Å². The molecule has 1 atom stereocenters. The largest absolute Gasteiger partial charge is 0.328 e. The number of nitrogens with one attached hydrogen (secondary N) is 1. The number of hydrogen-bond acceptors (Lipinski definition) is 4. The molecule has 6 heteroatoms. The van der Waals surface area contributed by atoms with E-state index in [0.717, 1.165) is 37.2 Å². The van der Waals surface area contributed by atoms with E-state index in [4.69, 9.17) is 0 Å². The number of aromatic amines is 1. The highest BCUT2D eigenvalue weighted by molar-refractivity contribution is 5.94. The van der Waals surface area contributed by atoms with E-state index in [1.54, 1.807) is 12.4 Å². The molecule has 0 aromatic carbocycles. The molecule has 1 fully saturated rings. The lowest BCUT2D eigenvalue weighted by Crippen LogP contribution is -2.39. The topological polar surface area (TPSA) is 74.8 Å². The normalized spacial score (nSPS) is 19.1. The molecule has 1 aliphatic heterocycles. The summed E-state index contributed by atoms with van der Waals surface area (Å²) in [7, 11) is 0. The van der Waals surface area contributed by atoms with Crippen molar-refractivity contribution in [1.82, 2.24) is 25.1 Å². The van der Waals surface area contributed by atoms with E-state index in [0.29, 0.717) is 5.56 Å². The van der Waals surface area contributed by atoms with Crippen LogP contribution in [0.4, 0.5) is 0 Å². The van der Waals surface area contributed by atoms with Gasteiger partial charge in [0.25, 0.3) is 5.91 Å². The van der Waals surface area contributed by atoms with Crippen LogP contribution in [0.15, 0.2) is 24.8 Å². The van der Waals surface area contributed by atoms with Crippen molar-refractivity contribution in [1.29, 1.82) is 0 Å². The van der Waals surface area contributed by atoms with Gasteiger partial charge in [-0.25, -0.2) is 4.98 Å². The van der Waals surface area contributed by atoms with Gasteiger partial charge in [-0.3, -0.25) is 14.9 Å². The molecular formula is C14H17N5O. The van der Waals surface area contributed by atoms with Gasteiger partial charge >= 0.3 is 0 Å². The number of aryl methyl sites for hydroxylation is 1. The van der Waals surface area contributed by atoms with E-state index >= 15 is 0 Å². The van der Waals surface area contributed by atoms with E-state index in [2.05, 4.69) is 20.2 Å². The first-order valence-electron chi connectivity index (χ1n) is 6.83. The predicted molar refractivity (Wildman–Crippen MR) is 73.0 cm³/mol. The maximum Gasteiger partial charge on any atom is 0.256 e. The summed E-state index contributed by atoms with van der Waals surface area (Å²) in [5.41, 5.74) is 1.63. The zero-order chi connectivity index (χ0) is 13.9. The fourth-order valence-corrected chi connectivity index (χ4v) is 2.67. The highest BCUT2D eigenvalue weighted by Crippen LogP contribution is 2.29. The van der Waals surface area contributed by atoms with E-state index in [9.17, 15) is 4.79 Å². The van der Waals surface area contributed by atoms with E-state index < -0.39 is 0 Å². The van der Waals surface area contributed by atoms with Gasteiger partial charge in [-0.15, -0.1) is 0 Å². The highest BCUT2D eigenvalue weighted by Gasteiger charge is 2.30. The lowest BCUT2D eigenvalue weighted by molar-refractivity contribution is 0.0600. The van der Waals surface area contributed by atoms with Crippen LogP contribution in [0.25, 0.3) is 0 Å². The van der Waals surface area contributed by atoms with Crippen molar-refractivity contribution in [3.8, 4) is 0 Å². The number of carbonyl (C=O) groups is 1. The molecule has 0 radical (unpaired) electrons. The van der Waals surface area contributed by atoms with Gasteiger partial charge in [-0.05, 0) is 37.8 Å². The molecule has 2 aromatic rings. The number of nitrogens with zero attached hydrogens (tertiary/aromatic N) is 4. The summed E-state index contributed by atoms with van der Waals surface area (Å²) in [4.78, 5) is 22.9. The first-order valence-corrected chi connectivity index (χ1v) is 6.83. The van der Waals surface area contributed by atoms with Crippen molar-refractivity contribution in [2.75, 3.05) is 6.54 Å². The van der Waals surface area contributed by atoms with Gasteiger partial charge in [0.1, 0.15) is 12.2 Å². The predicted octanol–water partition coefficient (Wildman–Crippen LogP) is 1.88. The van der Waals surface area contributed by atoms with Crippen LogP contribution in [0.5, 0.6) is 0 Å². The lowest BCUT2D eigenvalue weighted by Gasteiger charge is -2.34. The number of amides is 1. The number of likely N-dealkylation sites (tertiary alicyclic amines) is 1. The van der Waals surface area contributed by atoms with Gasteiger partial charge in [-0.1, -0.05) is 0 Å². The van der Waals surface area contributed by atoms with E-state index in [1.807, 2.05) is 17.9 Å². The molecule has 0 bridgehead atoms. The van der Waals surface area contributed by atoms with Gasteiger partial charge < -0.3 is 4.90 Å². The van der Waals surface area contributed by atoms with E-state index in [-0.39, 0.29) is 11.9 Å². The third kappa shape index (κ3) is 2.41. The molecule has 1 unspecified atom stereocenters. The monoisotopic (exact) mass is 271 g/mol. The maximum atomic E-state index is 12.7. The quantitative estimate of drug-likeness (QED) is 0.904. The summed E-state index contributed by atoms with van der Waals surface area (Å²) < 4.78 is 0. The van der Waals surface area contributed by atoms with Crippen LogP contribution in [0.1, 0.15) is 47.1 Å². The SMILES string of the molecule is Cc1cncc(C(=O)N2CCCCC2c2ncn[nH]2)c1. The zero-order valence-corrected chi connectivity index (χ0v) is 11.4. The number of pyridine rings is 1. The average molecular weight is 271 g/mol. The molecule has 2 aromatic heterocycles. The Kier molecular flexibility index (Phi) is 3.45. The summed E-state index contributed by atoms with van der Waals surface area (Å²) in [6.45, 7) is 2.69. The summed E-state index contributed by atoms with van der Waals surface area (Å²) in [6.07, 6.45) is 7.90. The van der Waals surface area contributed by atoms with Gasteiger partial charge in [0.05, 0.1) is 11.6 Å². The smallest absolute Gasteiger partial charge is 0.256 e. The molecule has 1 N–H and O–H groups in total. The Morgan fingerprint density at radius 3 is 3.05 bits per heavy atom. The van der Waals surface area contributed by atoms with Crippen LogP contribution in [-0.4, -0.2) is 37.5 Å². The fraction of sp³-hybridized carbons (Fsp3) is 0.429. The number of H-pyrrole nitrogens is 1. The summed E-state index contributed by atoms with van der Waals surface area (Å²) >= 11 is 0. The first-order chi connectivity index (χ1) is 9.75. The second-order valence-corrected chi connectivity index (χ2v) is 5.13. The zero-order valence-electron chi connectivity index (χ0n) is 11.4. The molecular weight excluding hydrogens is 254 g/mol. The summed E-state index contributed by atoms with van der Waals surface area (Å²) in [6, 6.07) is 1.86. The molecule has 104 valence electrons. The third-order valence-electron chi connectivity index (χ3n) is 3.63. The molecule has 0 spiro atoms. The van der Waals surface area contributed by atoms with Crippen molar-refractivity contribution in [3.05, 3.63) is 41.7 Å². The fourth-order valence-electron chi connectivity index (χ4n) is 2.67. The second-order valence-electron chi connectivity index (χ2n) is 5.13. The van der Waals surface area contributed by atoms with Gasteiger partial charge in [0.2, 0.25) is 0 Å². The first kappa shape index (κ1) is 12.8. The van der Waals surface area contributed by atoms with Crippen molar-refractivity contribution >= 4 is 5.91 Å². The Morgan fingerprint density at radius 1 is 1.40 bits per heavy atom. The molecule has 1 amide bonds. The van der Waals surface area contributed by atoms with Crippen LogP contribution < -0.4 is 0 Å². The molecule has 1 saturated heterocycles. The van der Waals surface area contributed by atoms with Crippen LogP contribution >= 0.6 is 0 Å². The average Bonchev–Trinajstić information content (AvgIpc) is 3.00. The molecule has 3 heterocycles. The highest BCUT2D eigenvalue weighted by atomic mass is 16.2. The summed E-state index contributed by atoms with van der Waals surface area (Å²) in [5.74, 6) is 0.779. The summed E-state index contributed by atoms with van der Waals surface area (Å²) in [5, 5.41) is 6.78. The Bertz CT molecular complexity index is 595. The number of aromatic nitrogens is 4. The Morgan fingerprint density at radius 2 is 2.30 bits per heavy atom. The lowest BCUT2D eigenvalue weighted by atomic mass is 10.0. The minimum absolute atomic E-state index is 0.0146. The Balaban J connectivity index is 1.88. The molecule has 20 heavy (non-hydrogen) atoms. The van der Waals surface area contributed by atoms with Gasteiger partial charge in [-0.2, -0.15) is 5.10 Å². The Hall–Kier alpha value is -2.24. The molecule has 1 aliphatic rings. The van der Waals surface area contributed by atoms with Crippen LogP contribution in [0.2, 0.25) is 0 Å². The minimum Gasteiger partial charge on any atom is -0.328 e. The van der Waals surface area contributed by atoms with E-state index in [1.165, 1.54) is 6.33 Å². The maximum absolute atomic E-state index is 12.7. The third-order valence-corrected chi connectivity index (χ3v) is 3.63. The van der Waals surface area contributed by atoms with Crippen molar-refractivity contribution in [2.24, 2.45) is 0 Å². The van der Waals surface area contributed by atoms with Gasteiger partial charge in [0.15, 0.2) is 0 Å². The van der Waals surface area contributed by atoms with Crippen molar-refractivity contribution < 1.29 is 4.79 Å². The number of piperidine rings is 1. The number of carbonyl (C=O) groups excluding carboxylic acids is 1. The minimum atomic E-state index is -0.0146. The molecule has 6 nitrogen and oxygen atoms in total. The molecule has 0 saturated carbocycles. The van der Waals surface area contributed by atoms with Gasteiger partial charge in [0, 0.05) is 18.9 Å². The van der Waals surface area contributed by atoms with Crippen molar-refractivity contribution in [3.63, 3.8) is 0 Å². The molecule has 0 aliphatic carbocycles. The Labute approximate surface area is 117 Å². The molecule has 3 rings (SSSR count). The van der Waals surface area contributed by atoms with Crippen LogP contribution in [0.3, 0.4) is 0 Å². The number of rotatable bonds is 2. The number of hydrogen-bond donors (Lipinski definition) is 1. The van der Waals surface area contributed by atoms with Crippen LogP contribution in [0, 0.1) is 6.92 Å². The second kappa shape index (κ2) is 5.40. The standard InChI is InChI=1S/C14H17N5O/c1-10-6-11(8-15-7-10)14(20)19-5-3-2-4-12(19)13-16-9-17-18-13/h6-9,12H,2-5H2,1H3,(H,16,17,18). The van der Waals surface area contributed by atoms with Crippen molar-refractivity contribution in [2.45, 2.75) is 32.2 Å².